The molecule has 0 fully saturated rings. The Labute approximate surface area is 106 Å². The van der Waals surface area contributed by atoms with Gasteiger partial charge in [0.2, 0.25) is 10.0 Å². The number of hydrogen-bond acceptors (Lipinski definition) is 3. The molecule has 0 bridgehead atoms. The quantitative estimate of drug-likeness (QED) is 0.800. The Bertz CT molecular complexity index is 586. The molecule has 6 heteroatoms. The lowest BCUT2D eigenvalue weighted by Crippen LogP contribution is -2.28. The predicted octanol–water partition coefficient (Wildman–Crippen LogP) is 0.780. The number of carboxylic acid groups (broad SMARTS) is 1. The van der Waals surface area contributed by atoms with E-state index in [0.717, 1.165) is 4.31 Å². The first-order chi connectivity index (χ1) is 8.36. The molecule has 96 valence electrons. The highest BCUT2D eigenvalue weighted by Gasteiger charge is 2.18. The topological polar surface area (TPSA) is 74.7 Å². The number of aromatic carboxylic acids is 1. The second-order valence-corrected chi connectivity index (χ2v) is 5.80. The van der Waals surface area contributed by atoms with Gasteiger partial charge in [-0.3, -0.25) is 0 Å². The van der Waals surface area contributed by atoms with Gasteiger partial charge in [-0.2, -0.15) is 4.31 Å². The molecule has 0 aromatic heterocycles. The largest absolute Gasteiger partial charge is 0.478 e. The zero-order chi connectivity index (χ0) is 13.8. The van der Waals surface area contributed by atoms with Crippen LogP contribution >= 0.6 is 0 Å². The Morgan fingerprint density at radius 3 is 2.72 bits per heavy atom. The average molecular weight is 267 g/mol. The molecule has 0 spiro atoms. The first-order valence-corrected chi connectivity index (χ1v) is 6.67. The fourth-order valence-electron chi connectivity index (χ4n) is 1.34. The van der Waals surface area contributed by atoms with E-state index >= 15 is 0 Å². The van der Waals surface area contributed by atoms with Gasteiger partial charge in [0.05, 0.1) is 17.9 Å². The zero-order valence-electron chi connectivity index (χ0n) is 9.83. The summed E-state index contributed by atoms with van der Waals surface area (Å²) < 4.78 is 24.8. The Hall–Kier alpha value is -1.84. The molecule has 0 heterocycles. The molecule has 1 rings (SSSR count). The maximum atomic E-state index is 11.9. The number of rotatable bonds is 5. The van der Waals surface area contributed by atoms with Crippen LogP contribution in [0, 0.1) is 12.3 Å². The second kappa shape index (κ2) is 5.67. The van der Waals surface area contributed by atoms with E-state index in [0.29, 0.717) is 5.56 Å². The molecule has 0 atom stereocenters. The van der Waals surface area contributed by atoms with E-state index in [-0.39, 0.29) is 17.9 Å². The molecule has 0 amide bonds. The maximum Gasteiger partial charge on any atom is 0.335 e. The molecule has 0 saturated carbocycles. The Balaban J connectivity index is 2.95. The summed E-state index contributed by atoms with van der Waals surface area (Å²) in [5.41, 5.74) is 0.473. The van der Waals surface area contributed by atoms with E-state index in [1.165, 1.54) is 25.2 Å². The van der Waals surface area contributed by atoms with Crippen molar-refractivity contribution in [3.05, 3.63) is 35.4 Å². The van der Waals surface area contributed by atoms with E-state index in [2.05, 4.69) is 5.92 Å². The van der Waals surface area contributed by atoms with E-state index in [4.69, 9.17) is 11.5 Å². The van der Waals surface area contributed by atoms with E-state index in [1.54, 1.807) is 6.07 Å². The van der Waals surface area contributed by atoms with Crippen molar-refractivity contribution in [2.45, 2.75) is 5.75 Å². The number of terminal acetylenes is 1. The molecule has 18 heavy (non-hydrogen) atoms. The van der Waals surface area contributed by atoms with Crippen LogP contribution in [0.25, 0.3) is 0 Å². The van der Waals surface area contributed by atoms with Gasteiger partial charge in [-0.05, 0) is 17.7 Å². The summed E-state index contributed by atoms with van der Waals surface area (Å²) in [6.45, 7) is -0.0129. The van der Waals surface area contributed by atoms with Gasteiger partial charge < -0.3 is 5.11 Å². The van der Waals surface area contributed by atoms with Gasteiger partial charge in [0.25, 0.3) is 0 Å². The van der Waals surface area contributed by atoms with Crippen molar-refractivity contribution in [2.75, 3.05) is 13.6 Å². The van der Waals surface area contributed by atoms with Crippen molar-refractivity contribution in [3.8, 4) is 12.3 Å². The summed E-state index contributed by atoms with van der Waals surface area (Å²) in [5.74, 6) is 0.879. The lowest BCUT2D eigenvalue weighted by molar-refractivity contribution is 0.0696. The zero-order valence-corrected chi connectivity index (χ0v) is 10.6. The summed E-state index contributed by atoms with van der Waals surface area (Å²) in [7, 11) is -2.13. The first-order valence-electron chi connectivity index (χ1n) is 5.06. The van der Waals surface area contributed by atoms with Crippen molar-refractivity contribution >= 4 is 16.0 Å². The van der Waals surface area contributed by atoms with Crippen molar-refractivity contribution in [2.24, 2.45) is 0 Å². The fourth-order valence-corrected chi connectivity index (χ4v) is 2.43. The van der Waals surface area contributed by atoms with Crippen LogP contribution in [0.15, 0.2) is 24.3 Å². The number of benzene rings is 1. The molecule has 0 saturated heterocycles. The number of sulfonamides is 1. The minimum absolute atomic E-state index is 0.0129. The van der Waals surface area contributed by atoms with Crippen LogP contribution in [0.5, 0.6) is 0 Å². The Morgan fingerprint density at radius 1 is 1.50 bits per heavy atom. The van der Waals surface area contributed by atoms with Crippen LogP contribution in [0.4, 0.5) is 0 Å². The summed E-state index contributed by atoms with van der Waals surface area (Å²) >= 11 is 0. The molecule has 1 aromatic carbocycles. The van der Waals surface area contributed by atoms with Crippen LogP contribution in [-0.2, 0) is 15.8 Å². The number of hydrogen-bond donors (Lipinski definition) is 1. The van der Waals surface area contributed by atoms with Gasteiger partial charge in [-0.25, -0.2) is 13.2 Å². The summed E-state index contributed by atoms with van der Waals surface area (Å²) in [6.07, 6.45) is 5.05. The summed E-state index contributed by atoms with van der Waals surface area (Å²) in [5, 5.41) is 8.81. The third-order valence-corrected chi connectivity index (χ3v) is 4.09. The van der Waals surface area contributed by atoms with Gasteiger partial charge in [0.1, 0.15) is 0 Å². The van der Waals surface area contributed by atoms with Crippen molar-refractivity contribution in [1.29, 1.82) is 0 Å². The third kappa shape index (κ3) is 3.58. The lowest BCUT2D eigenvalue weighted by Gasteiger charge is -2.14. The first kappa shape index (κ1) is 14.2. The summed E-state index contributed by atoms with van der Waals surface area (Å²) in [6, 6.07) is 5.82. The molecular weight excluding hydrogens is 254 g/mol. The molecule has 0 unspecified atom stereocenters. The van der Waals surface area contributed by atoms with E-state index < -0.39 is 16.0 Å². The van der Waals surface area contributed by atoms with Crippen LogP contribution < -0.4 is 0 Å². The van der Waals surface area contributed by atoms with Gasteiger partial charge >= 0.3 is 5.97 Å². The lowest BCUT2D eigenvalue weighted by atomic mass is 10.1. The van der Waals surface area contributed by atoms with Gasteiger partial charge in [-0.15, -0.1) is 6.42 Å². The molecule has 0 aliphatic rings. The molecule has 1 N–H and O–H groups in total. The molecule has 0 aliphatic carbocycles. The Kier molecular flexibility index (Phi) is 4.48. The fraction of sp³-hybridized carbons (Fsp3) is 0.250. The van der Waals surface area contributed by atoms with Gasteiger partial charge in [0.15, 0.2) is 0 Å². The third-order valence-electron chi connectivity index (χ3n) is 2.31. The second-order valence-electron chi connectivity index (χ2n) is 3.72. The highest BCUT2D eigenvalue weighted by Crippen LogP contribution is 2.11. The minimum atomic E-state index is -3.52. The monoisotopic (exact) mass is 267 g/mol. The SMILES string of the molecule is C#CCN(C)S(=O)(=O)Cc1cccc(C(=O)O)c1. The van der Waals surface area contributed by atoms with Gasteiger partial charge in [-0.1, -0.05) is 18.1 Å². The van der Waals surface area contributed by atoms with Crippen LogP contribution in [0.3, 0.4) is 0 Å². The van der Waals surface area contributed by atoms with Gasteiger partial charge in [0, 0.05) is 7.05 Å². The van der Waals surface area contributed by atoms with Crippen LogP contribution in [-0.4, -0.2) is 37.4 Å². The molecular formula is C12H13NO4S. The average Bonchev–Trinajstić information content (AvgIpc) is 2.29. The van der Waals surface area contributed by atoms with Crippen molar-refractivity contribution < 1.29 is 18.3 Å². The van der Waals surface area contributed by atoms with Crippen molar-refractivity contribution in [3.63, 3.8) is 0 Å². The molecule has 5 nitrogen and oxygen atoms in total. The molecule has 0 radical (unpaired) electrons. The van der Waals surface area contributed by atoms with E-state index in [1.807, 2.05) is 0 Å². The van der Waals surface area contributed by atoms with E-state index in [9.17, 15) is 13.2 Å². The van der Waals surface area contributed by atoms with Crippen molar-refractivity contribution in [1.82, 2.24) is 4.31 Å². The highest BCUT2D eigenvalue weighted by atomic mass is 32.2. The van der Waals surface area contributed by atoms with Crippen LogP contribution in [0.2, 0.25) is 0 Å². The molecule has 0 aliphatic heterocycles. The highest BCUT2D eigenvalue weighted by molar-refractivity contribution is 7.88. The number of nitrogens with zero attached hydrogens (tertiary/aromatic N) is 1. The smallest absolute Gasteiger partial charge is 0.335 e. The minimum Gasteiger partial charge on any atom is -0.478 e. The Morgan fingerprint density at radius 2 is 2.17 bits per heavy atom. The standard InChI is InChI=1S/C12H13NO4S/c1-3-7-13(2)18(16,17)9-10-5-4-6-11(8-10)12(14)15/h1,4-6,8H,7,9H2,2H3,(H,14,15). The predicted molar refractivity (Wildman–Crippen MR) is 67.5 cm³/mol. The molecule has 1 aromatic rings. The van der Waals surface area contributed by atoms with Crippen LogP contribution in [0.1, 0.15) is 15.9 Å². The number of carbonyl (C=O) groups is 1. The summed E-state index contributed by atoms with van der Waals surface area (Å²) in [4.78, 5) is 10.8. The number of carboxylic acids is 1. The normalized spacial score (nSPS) is 11.2. The maximum absolute atomic E-state index is 11.9.